The molecule has 158 valence electrons. The lowest BCUT2D eigenvalue weighted by Gasteiger charge is -2.23. The molecule has 2 aromatic carbocycles. The maximum absolute atomic E-state index is 13.2. The van der Waals surface area contributed by atoms with Crippen LogP contribution in [0.25, 0.3) is 0 Å². The minimum Gasteiger partial charge on any atom is -0.486 e. The summed E-state index contributed by atoms with van der Waals surface area (Å²) in [6.07, 6.45) is -4.40. The van der Waals surface area contributed by atoms with Gasteiger partial charge < -0.3 is 9.47 Å². The molecule has 0 heterocycles. The van der Waals surface area contributed by atoms with E-state index in [4.69, 9.17) is 9.47 Å². The highest BCUT2D eigenvalue weighted by Gasteiger charge is 2.33. The summed E-state index contributed by atoms with van der Waals surface area (Å²) >= 11 is 0. The summed E-state index contributed by atoms with van der Waals surface area (Å²) in [6.45, 7) is 4.13. The van der Waals surface area contributed by atoms with Crippen molar-refractivity contribution < 1.29 is 27.4 Å². The van der Waals surface area contributed by atoms with E-state index in [1.54, 1.807) is 24.9 Å². The van der Waals surface area contributed by atoms with Crippen molar-refractivity contribution in [1.29, 1.82) is 0 Å². The number of hydrogen-bond donors (Lipinski definition) is 0. The molecule has 0 aromatic heterocycles. The van der Waals surface area contributed by atoms with Crippen molar-refractivity contribution in [2.45, 2.75) is 32.5 Å². The fourth-order valence-corrected chi connectivity index (χ4v) is 2.95. The monoisotopic (exact) mass is 409 g/mol. The van der Waals surface area contributed by atoms with Crippen molar-refractivity contribution in [3.8, 4) is 5.75 Å². The third-order valence-corrected chi connectivity index (χ3v) is 4.44. The molecule has 0 aliphatic rings. The molecule has 0 amide bonds. The van der Waals surface area contributed by atoms with Crippen LogP contribution in [-0.2, 0) is 15.7 Å². The summed E-state index contributed by atoms with van der Waals surface area (Å²) in [6, 6.07) is 13.3. The summed E-state index contributed by atoms with van der Waals surface area (Å²) in [5, 5.41) is 0. The van der Waals surface area contributed by atoms with Crippen LogP contribution < -0.4 is 4.74 Å². The molecule has 29 heavy (non-hydrogen) atoms. The van der Waals surface area contributed by atoms with Gasteiger partial charge in [-0.05, 0) is 44.2 Å². The average molecular weight is 409 g/mol. The van der Waals surface area contributed by atoms with Crippen molar-refractivity contribution >= 4 is 5.97 Å². The summed E-state index contributed by atoms with van der Waals surface area (Å²) in [5.74, 6) is -0.162. The maximum Gasteiger partial charge on any atom is 0.416 e. The molecule has 0 spiro atoms. The maximum atomic E-state index is 13.2. The Morgan fingerprint density at radius 2 is 1.83 bits per heavy atom. The summed E-state index contributed by atoms with van der Waals surface area (Å²) in [4.78, 5) is 13.4. The van der Waals surface area contributed by atoms with E-state index in [9.17, 15) is 18.0 Å². The average Bonchev–Trinajstić information content (AvgIpc) is 2.66. The SMILES string of the molecule is CCOC(=O)CN(C)CCC(Oc1ccc(C)c(C(F)(F)F)c1)c1ccccc1. The second-order valence-electron chi connectivity index (χ2n) is 6.82. The minimum atomic E-state index is -4.44. The van der Waals surface area contributed by atoms with Crippen LogP contribution in [0, 0.1) is 6.92 Å². The van der Waals surface area contributed by atoms with Crippen LogP contribution in [0.4, 0.5) is 13.2 Å². The molecule has 0 saturated carbocycles. The predicted molar refractivity (Wildman–Crippen MR) is 105 cm³/mol. The van der Waals surface area contributed by atoms with Gasteiger partial charge in [0.1, 0.15) is 11.9 Å². The zero-order chi connectivity index (χ0) is 21.4. The molecule has 0 aliphatic carbocycles. The van der Waals surface area contributed by atoms with Crippen molar-refractivity contribution in [1.82, 2.24) is 4.90 Å². The number of benzene rings is 2. The Bertz CT molecular complexity index is 794. The van der Waals surface area contributed by atoms with E-state index < -0.39 is 17.8 Å². The molecule has 4 nitrogen and oxygen atoms in total. The van der Waals surface area contributed by atoms with Gasteiger partial charge in [0.05, 0.1) is 18.7 Å². The highest BCUT2D eigenvalue weighted by atomic mass is 19.4. The molecule has 0 N–H and O–H groups in total. The first kappa shape index (κ1) is 22.7. The molecule has 0 bridgehead atoms. The van der Waals surface area contributed by atoms with E-state index in [-0.39, 0.29) is 23.8 Å². The van der Waals surface area contributed by atoms with Gasteiger partial charge in [-0.15, -0.1) is 0 Å². The molecule has 0 aliphatic heterocycles. The molecular formula is C22H26F3NO3. The van der Waals surface area contributed by atoms with Crippen LogP contribution in [0.1, 0.15) is 36.1 Å². The third kappa shape index (κ3) is 7.09. The first-order valence-electron chi connectivity index (χ1n) is 9.44. The Balaban J connectivity index is 2.15. The Labute approximate surface area is 169 Å². The van der Waals surface area contributed by atoms with Crippen LogP contribution in [0.2, 0.25) is 0 Å². The van der Waals surface area contributed by atoms with E-state index in [1.807, 2.05) is 30.3 Å². The Morgan fingerprint density at radius 1 is 1.14 bits per heavy atom. The number of ether oxygens (including phenoxy) is 2. The number of rotatable bonds is 9. The molecule has 1 unspecified atom stereocenters. The number of esters is 1. The number of carbonyl (C=O) groups excluding carboxylic acids is 1. The van der Waals surface area contributed by atoms with Gasteiger partial charge in [-0.3, -0.25) is 9.69 Å². The molecule has 0 saturated heterocycles. The standard InChI is InChI=1S/C22H26F3NO3/c1-4-28-21(27)15-26(3)13-12-20(17-8-6-5-7-9-17)29-18-11-10-16(2)19(14-18)22(23,24)25/h5-11,14,20H,4,12-13,15H2,1-3H3. The van der Waals surface area contributed by atoms with Gasteiger partial charge in [0, 0.05) is 13.0 Å². The number of hydrogen-bond acceptors (Lipinski definition) is 4. The summed E-state index contributed by atoms with van der Waals surface area (Å²) in [7, 11) is 1.78. The molecule has 0 fully saturated rings. The van der Waals surface area contributed by atoms with E-state index in [0.29, 0.717) is 19.6 Å². The van der Waals surface area contributed by atoms with Crippen LogP contribution in [0.5, 0.6) is 5.75 Å². The summed E-state index contributed by atoms with van der Waals surface area (Å²) < 4.78 is 50.6. The highest BCUT2D eigenvalue weighted by Crippen LogP contribution is 2.35. The van der Waals surface area contributed by atoms with Crippen molar-refractivity contribution in [2.24, 2.45) is 0 Å². The van der Waals surface area contributed by atoms with E-state index >= 15 is 0 Å². The van der Waals surface area contributed by atoms with Crippen molar-refractivity contribution in [2.75, 3.05) is 26.7 Å². The number of likely N-dealkylation sites (N-methyl/N-ethyl adjacent to an activating group) is 1. The topological polar surface area (TPSA) is 38.8 Å². The molecule has 2 rings (SSSR count). The van der Waals surface area contributed by atoms with Crippen molar-refractivity contribution in [3.63, 3.8) is 0 Å². The number of nitrogens with zero attached hydrogens (tertiary/aromatic N) is 1. The van der Waals surface area contributed by atoms with Crippen LogP contribution in [0.3, 0.4) is 0 Å². The fourth-order valence-electron chi connectivity index (χ4n) is 2.95. The molecular weight excluding hydrogens is 383 g/mol. The lowest BCUT2D eigenvalue weighted by atomic mass is 10.1. The third-order valence-electron chi connectivity index (χ3n) is 4.44. The quantitative estimate of drug-likeness (QED) is 0.545. The second-order valence-corrected chi connectivity index (χ2v) is 6.82. The van der Waals surface area contributed by atoms with Crippen LogP contribution >= 0.6 is 0 Å². The van der Waals surface area contributed by atoms with E-state index in [1.165, 1.54) is 13.0 Å². The Morgan fingerprint density at radius 3 is 2.45 bits per heavy atom. The highest BCUT2D eigenvalue weighted by molar-refractivity contribution is 5.71. The van der Waals surface area contributed by atoms with Crippen molar-refractivity contribution in [3.05, 3.63) is 65.2 Å². The van der Waals surface area contributed by atoms with Gasteiger partial charge >= 0.3 is 12.1 Å². The van der Waals surface area contributed by atoms with Gasteiger partial charge in [-0.1, -0.05) is 36.4 Å². The fraction of sp³-hybridized carbons (Fsp3) is 0.409. The zero-order valence-electron chi connectivity index (χ0n) is 16.8. The van der Waals surface area contributed by atoms with Crippen LogP contribution in [-0.4, -0.2) is 37.6 Å². The second kappa shape index (κ2) is 10.3. The Kier molecular flexibility index (Phi) is 8.08. The molecule has 0 radical (unpaired) electrons. The predicted octanol–water partition coefficient (Wildman–Crippen LogP) is 5.02. The molecule has 2 aromatic rings. The number of alkyl halides is 3. The first-order chi connectivity index (χ1) is 13.7. The van der Waals surface area contributed by atoms with Gasteiger partial charge in [0.2, 0.25) is 0 Å². The number of aryl methyl sites for hydroxylation is 1. The molecule has 7 heteroatoms. The van der Waals surface area contributed by atoms with E-state index in [2.05, 4.69) is 0 Å². The lowest BCUT2D eigenvalue weighted by Crippen LogP contribution is -2.29. The van der Waals surface area contributed by atoms with Gasteiger partial charge in [-0.25, -0.2) is 0 Å². The van der Waals surface area contributed by atoms with Gasteiger partial charge in [0.15, 0.2) is 0 Å². The Hall–Kier alpha value is -2.54. The lowest BCUT2D eigenvalue weighted by molar-refractivity contribution is -0.144. The van der Waals surface area contributed by atoms with E-state index in [0.717, 1.165) is 11.6 Å². The zero-order valence-corrected chi connectivity index (χ0v) is 16.8. The minimum absolute atomic E-state index is 0.137. The smallest absolute Gasteiger partial charge is 0.416 e. The normalized spacial score (nSPS) is 12.7. The first-order valence-corrected chi connectivity index (χ1v) is 9.44. The molecule has 1 atom stereocenters. The van der Waals surface area contributed by atoms with Crippen LogP contribution in [0.15, 0.2) is 48.5 Å². The number of halogens is 3. The largest absolute Gasteiger partial charge is 0.486 e. The summed E-state index contributed by atoms with van der Waals surface area (Å²) in [5.41, 5.74) is 0.294. The number of carbonyl (C=O) groups is 1. The van der Waals surface area contributed by atoms with Gasteiger partial charge in [-0.2, -0.15) is 13.2 Å². The van der Waals surface area contributed by atoms with Gasteiger partial charge in [0.25, 0.3) is 0 Å².